The van der Waals surface area contributed by atoms with Gasteiger partial charge in [-0.3, -0.25) is 9.55 Å². The third-order valence-electron chi connectivity index (χ3n) is 3.65. The van der Waals surface area contributed by atoms with Crippen LogP contribution in [0.15, 0.2) is 85.2 Å². The fourth-order valence-electron chi connectivity index (χ4n) is 2.57. The molecule has 4 aromatic rings. The quantitative estimate of drug-likeness (QED) is 0.574. The molecule has 2 heterocycles. The lowest BCUT2D eigenvalue weighted by Gasteiger charge is -2.10. The third kappa shape index (κ3) is 2.51. The molecule has 0 aliphatic rings. The van der Waals surface area contributed by atoms with Crippen LogP contribution in [-0.2, 0) is 0 Å². The largest absolute Gasteiger partial charge is 0.275 e. The molecule has 0 atom stereocenters. The number of hydrogen-bond donors (Lipinski definition) is 0. The van der Waals surface area contributed by atoms with E-state index in [2.05, 4.69) is 31.9 Å². The average Bonchev–Trinajstić information content (AvgIpc) is 3.09. The fraction of sp³-hybridized carbons (Fsp3) is 0. The molecule has 4 rings (SSSR count). The van der Waals surface area contributed by atoms with E-state index in [1.165, 1.54) is 0 Å². The summed E-state index contributed by atoms with van der Waals surface area (Å²) >= 11 is 0. The molecule has 0 N–H and O–H groups in total. The second-order valence-corrected chi connectivity index (χ2v) is 5.12. The van der Waals surface area contributed by atoms with E-state index in [0.717, 1.165) is 28.5 Å². The van der Waals surface area contributed by atoms with Gasteiger partial charge in [-0.05, 0) is 24.3 Å². The summed E-state index contributed by atoms with van der Waals surface area (Å²) in [5.41, 5.74) is 3.05. The number of aromatic nitrogens is 4. The molecule has 0 fully saturated rings. The summed E-state index contributed by atoms with van der Waals surface area (Å²) in [5, 5.41) is 8.86. The van der Waals surface area contributed by atoms with Gasteiger partial charge in [0.2, 0.25) is 0 Å². The number of rotatable bonds is 3. The van der Waals surface area contributed by atoms with Crippen LogP contribution in [0.1, 0.15) is 0 Å². The molecule has 2 aromatic heterocycles. The zero-order valence-corrected chi connectivity index (χ0v) is 12.4. The van der Waals surface area contributed by atoms with Crippen molar-refractivity contribution in [3.63, 3.8) is 0 Å². The van der Waals surface area contributed by atoms with Gasteiger partial charge in [-0.2, -0.15) is 0 Å². The first-order valence-electron chi connectivity index (χ1n) is 7.40. The molecule has 110 valence electrons. The van der Waals surface area contributed by atoms with Gasteiger partial charge < -0.3 is 0 Å². The van der Waals surface area contributed by atoms with E-state index in [0.29, 0.717) is 0 Å². The Morgan fingerprint density at radius 2 is 1.09 bits per heavy atom. The molecule has 0 saturated heterocycles. The molecule has 4 heteroatoms. The van der Waals surface area contributed by atoms with Crippen molar-refractivity contribution in [3.05, 3.63) is 85.2 Å². The lowest BCUT2D eigenvalue weighted by Crippen LogP contribution is -2.00. The van der Waals surface area contributed by atoms with Crippen molar-refractivity contribution in [1.82, 2.24) is 19.7 Å². The van der Waals surface area contributed by atoms with Crippen LogP contribution in [0.5, 0.6) is 0 Å². The first kappa shape index (κ1) is 13.4. The maximum absolute atomic E-state index is 4.43. The van der Waals surface area contributed by atoms with E-state index >= 15 is 0 Å². The van der Waals surface area contributed by atoms with Crippen molar-refractivity contribution in [2.45, 2.75) is 0 Å². The van der Waals surface area contributed by atoms with E-state index in [1.54, 1.807) is 12.4 Å². The van der Waals surface area contributed by atoms with E-state index in [9.17, 15) is 0 Å². The van der Waals surface area contributed by atoms with Crippen LogP contribution in [0, 0.1) is 0 Å². The summed E-state index contributed by atoms with van der Waals surface area (Å²) in [6.45, 7) is 0. The van der Waals surface area contributed by atoms with Gasteiger partial charge in [0.15, 0.2) is 11.6 Å². The maximum Gasteiger partial charge on any atom is 0.168 e. The Kier molecular flexibility index (Phi) is 3.41. The highest BCUT2D eigenvalue weighted by atomic mass is 15.3. The minimum Gasteiger partial charge on any atom is -0.275 e. The molecule has 0 saturated carbocycles. The zero-order chi connectivity index (χ0) is 15.5. The normalized spacial score (nSPS) is 10.6. The van der Waals surface area contributed by atoms with Crippen LogP contribution in [0.25, 0.3) is 28.5 Å². The fourth-order valence-corrected chi connectivity index (χ4v) is 2.57. The van der Waals surface area contributed by atoms with Crippen LogP contribution in [-0.4, -0.2) is 19.7 Å². The third-order valence-corrected chi connectivity index (χ3v) is 3.65. The Morgan fingerprint density at radius 1 is 0.565 bits per heavy atom. The first-order valence-corrected chi connectivity index (χ1v) is 7.40. The Hall–Kier alpha value is -3.27. The monoisotopic (exact) mass is 298 g/mol. The van der Waals surface area contributed by atoms with Crippen LogP contribution >= 0.6 is 0 Å². The summed E-state index contributed by atoms with van der Waals surface area (Å²) in [6.07, 6.45) is 3.53. The van der Waals surface area contributed by atoms with Crippen molar-refractivity contribution in [2.24, 2.45) is 0 Å². The number of benzene rings is 2. The highest BCUT2D eigenvalue weighted by molar-refractivity contribution is 5.66. The molecule has 0 spiro atoms. The molecule has 0 aliphatic carbocycles. The SMILES string of the molecule is c1ccc(-c2nnc(-c3ccncc3)n2-c2ccccc2)cc1. The van der Waals surface area contributed by atoms with Crippen molar-refractivity contribution >= 4 is 0 Å². The predicted molar refractivity (Wildman–Crippen MR) is 90.0 cm³/mol. The van der Waals surface area contributed by atoms with Gasteiger partial charge in [-0.15, -0.1) is 10.2 Å². The van der Waals surface area contributed by atoms with Gasteiger partial charge in [0, 0.05) is 29.2 Å². The molecule has 0 bridgehead atoms. The highest BCUT2D eigenvalue weighted by Gasteiger charge is 2.16. The summed E-state index contributed by atoms with van der Waals surface area (Å²) in [7, 11) is 0. The van der Waals surface area contributed by atoms with Gasteiger partial charge in [-0.25, -0.2) is 0 Å². The summed E-state index contributed by atoms with van der Waals surface area (Å²) in [5.74, 6) is 1.63. The summed E-state index contributed by atoms with van der Waals surface area (Å²) in [4.78, 5) is 4.08. The second-order valence-electron chi connectivity index (χ2n) is 5.12. The molecule has 2 aromatic carbocycles. The first-order chi connectivity index (χ1) is 11.4. The van der Waals surface area contributed by atoms with Crippen LogP contribution in [0.3, 0.4) is 0 Å². The lowest BCUT2D eigenvalue weighted by molar-refractivity contribution is 1.07. The van der Waals surface area contributed by atoms with Crippen LogP contribution in [0.2, 0.25) is 0 Å². The van der Waals surface area contributed by atoms with Gasteiger partial charge in [-0.1, -0.05) is 48.5 Å². The lowest BCUT2D eigenvalue weighted by atomic mass is 10.2. The van der Waals surface area contributed by atoms with Crippen molar-refractivity contribution in [3.8, 4) is 28.5 Å². The Morgan fingerprint density at radius 3 is 1.70 bits per heavy atom. The minimum atomic E-state index is 0.803. The average molecular weight is 298 g/mol. The van der Waals surface area contributed by atoms with Crippen molar-refractivity contribution in [1.29, 1.82) is 0 Å². The molecule has 0 unspecified atom stereocenters. The minimum absolute atomic E-state index is 0.803. The van der Waals surface area contributed by atoms with Crippen molar-refractivity contribution in [2.75, 3.05) is 0 Å². The van der Waals surface area contributed by atoms with Crippen molar-refractivity contribution < 1.29 is 0 Å². The van der Waals surface area contributed by atoms with Gasteiger partial charge in [0.25, 0.3) is 0 Å². The van der Waals surface area contributed by atoms with Gasteiger partial charge in [0.1, 0.15) is 0 Å². The summed E-state index contributed by atoms with van der Waals surface area (Å²) < 4.78 is 2.07. The van der Waals surface area contributed by atoms with E-state index in [-0.39, 0.29) is 0 Å². The molecule has 4 nitrogen and oxygen atoms in total. The Bertz CT molecular complexity index is 843. The predicted octanol–water partition coefficient (Wildman–Crippen LogP) is 4.00. The Balaban J connectivity index is 1.97. The topological polar surface area (TPSA) is 43.6 Å². The van der Waals surface area contributed by atoms with Gasteiger partial charge >= 0.3 is 0 Å². The smallest absolute Gasteiger partial charge is 0.168 e. The van der Waals surface area contributed by atoms with E-state index in [4.69, 9.17) is 0 Å². The zero-order valence-electron chi connectivity index (χ0n) is 12.4. The molecule has 23 heavy (non-hydrogen) atoms. The van der Waals surface area contributed by atoms with Gasteiger partial charge in [0.05, 0.1) is 0 Å². The highest BCUT2D eigenvalue weighted by Crippen LogP contribution is 2.27. The van der Waals surface area contributed by atoms with E-state index in [1.807, 2.05) is 60.7 Å². The number of nitrogens with zero attached hydrogens (tertiary/aromatic N) is 4. The van der Waals surface area contributed by atoms with Crippen LogP contribution in [0.4, 0.5) is 0 Å². The number of hydrogen-bond acceptors (Lipinski definition) is 3. The van der Waals surface area contributed by atoms with Crippen LogP contribution < -0.4 is 0 Å². The van der Waals surface area contributed by atoms with E-state index < -0.39 is 0 Å². The molecule has 0 amide bonds. The molecule has 0 aliphatic heterocycles. The number of para-hydroxylation sites is 1. The molecular formula is C19H14N4. The summed E-state index contributed by atoms with van der Waals surface area (Å²) in [6, 6.07) is 24.1. The molecular weight excluding hydrogens is 284 g/mol. The standard InChI is InChI=1S/C19H14N4/c1-3-7-15(8-4-1)18-21-22-19(16-11-13-20-14-12-16)23(18)17-9-5-2-6-10-17/h1-14H. The second kappa shape index (κ2) is 5.85. The number of pyridine rings is 1. The molecule has 0 radical (unpaired) electrons. The maximum atomic E-state index is 4.43. The Labute approximate surface area is 134 Å².